The van der Waals surface area contributed by atoms with Gasteiger partial charge in [-0.05, 0) is 62.2 Å². The van der Waals surface area contributed by atoms with Crippen molar-refractivity contribution in [3.05, 3.63) is 104 Å². The SMILES string of the molecule is CCC(c1nc2ccccc2c(=O)n1-c1ccc(C)cc1)N(CCCOC)C(=O)c1ccc(Cl)c(Cl)c1. The second-order valence-electron chi connectivity index (χ2n) is 8.86. The monoisotopic (exact) mass is 537 g/mol. The maximum atomic E-state index is 13.9. The third-order valence-electron chi connectivity index (χ3n) is 6.33. The molecule has 37 heavy (non-hydrogen) atoms. The largest absolute Gasteiger partial charge is 0.385 e. The van der Waals surface area contributed by atoms with Gasteiger partial charge in [-0.3, -0.25) is 14.2 Å². The number of hydrogen-bond acceptors (Lipinski definition) is 4. The molecule has 0 N–H and O–H groups in total. The predicted molar refractivity (Wildman–Crippen MR) is 149 cm³/mol. The smallest absolute Gasteiger partial charge is 0.266 e. The van der Waals surface area contributed by atoms with Gasteiger partial charge in [-0.25, -0.2) is 4.98 Å². The molecule has 0 saturated carbocycles. The fraction of sp³-hybridized carbons (Fsp3) is 0.276. The first kappa shape index (κ1) is 26.9. The van der Waals surface area contributed by atoms with Gasteiger partial charge in [-0.2, -0.15) is 0 Å². The van der Waals surface area contributed by atoms with Crippen LogP contribution in [0.5, 0.6) is 0 Å². The van der Waals surface area contributed by atoms with E-state index in [0.29, 0.717) is 64.0 Å². The van der Waals surface area contributed by atoms with Crippen molar-refractivity contribution < 1.29 is 9.53 Å². The highest BCUT2D eigenvalue weighted by Crippen LogP contribution is 2.29. The molecular formula is C29H29Cl2N3O3. The summed E-state index contributed by atoms with van der Waals surface area (Å²) in [6, 6.07) is 19.4. The van der Waals surface area contributed by atoms with E-state index in [1.54, 1.807) is 40.8 Å². The standard InChI is InChI=1S/C29H29Cl2N3O3/c1-4-26(33(16-7-17-37-3)28(35)20-12-15-23(30)24(31)18-20)27-32-25-9-6-5-8-22(25)29(36)34(27)21-13-10-19(2)11-14-21/h5-6,8-15,18,26H,4,7,16-17H2,1-3H3. The topological polar surface area (TPSA) is 64.4 Å². The van der Waals surface area contributed by atoms with Crippen LogP contribution in [0.15, 0.2) is 71.5 Å². The molecule has 0 spiro atoms. The van der Waals surface area contributed by atoms with E-state index in [4.69, 9.17) is 32.9 Å². The van der Waals surface area contributed by atoms with Gasteiger partial charge >= 0.3 is 0 Å². The third kappa shape index (κ3) is 5.72. The molecule has 1 unspecified atom stereocenters. The number of nitrogens with zero attached hydrogens (tertiary/aromatic N) is 3. The van der Waals surface area contributed by atoms with Crippen molar-refractivity contribution in [1.29, 1.82) is 0 Å². The molecule has 1 atom stereocenters. The highest BCUT2D eigenvalue weighted by molar-refractivity contribution is 6.42. The lowest BCUT2D eigenvalue weighted by molar-refractivity contribution is 0.0634. The molecule has 0 aliphatic rings. The Hall–Kier alpha value is -3.19. The zero-order chi connectivity index (χ0) is 26.5. The van der Waals surface area contributed by atoms with Crippen LogP contribution in [0.4, 0.5) is 0 Å². The quantitative estimate of drug-likeness (QED) is 0.225. The van der Waals surface area contributed by atoms with Crippen LogP contribution in [0.1, 0.15) is 47.6 Å². The van der Waals surface area contributed by atoms with Crippen LogP contribution >= 0.6 is 23.2 Å². The second kappa shape index (κ2) is 11.9. The fourth-order valence-corrected chi connectivity index (χ4v) is 4.73. The number of halogens is 2. The molecule has 0 bridgehead atoms. The number of methoxy groups -OCH3 is 1. The van der Waals surface area contributed by atoms with Crippen molar-refractivity contribution in [2.24, 2.45) is 0 Å². The predicted octanol–water partition coefficient (Wildman–Crippen LogP) is 6.63. The van der Waals surface area contributed by atoms with Gasteiger partial charge in [-0.1, -0.05) is 60.0 Å². The minimum atomic E-state index is -0.489. The summed E-state index contributed by atoms with van der Waals surface area (Å²) in [6.45, 7) is 4.87. The summed E-state index contributed by atoms with van der Waals surface area (Å²) in [4.78, 5) is 34.4. The number of fused-ring (bicyclic) bond motifs is 1. The highest BCUT2D eigenvalue weighted by Gasteiger charge is 2.30. The molecule has 0 aliphatic heterocycles. The number of amides is 1. The summed E-state index contributed by atoms with van der Waals surface area (Å²) in [6.07, 6.45) is 1.15. The van der Waals surface area contributed by atoms with Crippen LogP contribution < -0.4 is 5.56 Å². The van der Waals surface area contributed by atoms with Crippen molar-refractivity contribution >= 4 is 40.0 Å². The van der Waals surface area contributed by atoms with E-state index in [-0.39, 0.29) is 11.5 Å². The normalized spacial score (nSPS) is 12.0. The Labute approximate surface area is 226 Å². The Kier molecular flexibility index (Phi) is 8.64. The van der Waals surface area contributed by atoms with Crippen LogP contribution in [0.2, 0.25) is 10.0 Å². The van der Waals surface area contributed by atoms with Gasteiger partial charge in [0.1, 0.15) is 5.82 Å². The number of hydrogen-bond donors (Lipinski definition) is 0. The summed E-state index contributed by atoms with van der Waals surface area (Å²) in [7, 11) is 1.63. The van der Waals surface area contributed by atoms with Crippen molar-refractivity contribution in [1.82, 2.24) is 14.5 Å². The van der Waals surface area contributed by atoms with E-state index >= 15 is 0 Å². The Morgan fingerprint density at radius 3 is 2.46 bits per heavy atom. The minimum absolute atomic E-state index is 0.179. The lowest BCUT2D eigenvalue weighted by Gasteiger charge is -2.32. The van der Waals surface area contributed by atoms with Gasteiger partial charge < -0.3 is 9.64 Å². The van der Waals surface area contributed by atoms with Gasteiger partial charge in [0.25, 0.3) is 11.5 Å². The molecule has 3 aromatic carbocycles. The average Bonchev–Trinajstić information content (AvgIpc) is 2.90. The van der Waals surface area contributed by atoms with E-state index < -0.39 is 6.04 Å². The molecule has 4 rings (SSSR count). The summed E-state index contributed by atoms with van der Waals surface area (Å²) >= 11 is 12.3. The van der Waals surface area contributed by atoms with Gasteiger partial charge in [0, 0.05) is 25.8 Å². The maximum Gasteiger partial charge on any atom is 0.266 e. The van der Waals surface area contributed by atoms with Crippen LogP contribution in [-0.4, -0.2) is 40.6 Å². The van der Waals surface area contributed by atoms with E-state index in [2.05, 4.69) is 0 Å². The molecule has 0 radical (unpaired) electrons. The number of aryl methyl sites for hydroxylation is 1. The molecular weight excluding hydrogens is 509 g/mol. The maximum absolute atomic E-state index is 13.9. The summed E-state index contributed by atoms with van der Waals surface area (Å²) < 4.78 is 6.89. The molecule has 1 amide bonds. The minimum Gasteiger partial charge on any atom is -0.385 e. The summed E-state index contributed by atoms with van der Waals surface area (Å²) in [5.41, 5.74) is 2.59. The number of benzene rings is 3. The van der Waals surface area contributed by atoms with E-state index in [1.165, 1.54) is 0 Å². The molecule has 0 saturated heterocycles. The first-order chi connectivity index (χ1) is 17.8. The van der Waals surface area contributed by atoms with Crippen molar-refractivity contribution in [2.45, 2.75) is 32.7 Å². The van der Waals surface area contributed by atoms with Gasteiger partial charge in [0.2, 0.25) is 0 Å². The summed E-state index contributed by atoms with van der Waals surface area (Å²) in [5, 5.41) is 1.20. The van der Waals surface area contributed by atoms with Crippen molar-refractivity contribution in [2.75, 3.05) is 20.3 Å². The number of aromatic nitrogens is 2. The van der Waals surface area contributed by atoms with Crippen LogP contribution in [0, 0.1) is 6.92 Å². The first-order valence-corrected chi connectivity index (χ1v) is 12.9. The first-order valence-electron chi connectivity index (χ1n) is 12.2. The van der Waals surface area contributed by atoms with Crippen LogP contribution in [0.3, 0.4) is 0 Å². The van der Waals surface area contributed by atoms with Gasteiger partial charge in [0.05, 0.1) is 32.7 Å². The number of para-hydroxylation sites is 1. The average molecular weight is 538 g/mol. The van der Waals surface area contributed by atoms with Crippen molar-refractivity contribution in [3.63, 3.8) is 0 Å². The molecule has 1 heterocycles. The molecule has 192 valence electrons. The number of carbonyl (C=O) groups is 1. The number of rotatable bonds is 9. The Morgan fingerprint density at radius 1 is 1.05 bits per heavy atom. The molecule has 1 aromatic heterocycles. The molecule has 4 aromatic rings. The number of carbonyl (C=O) groups excluding carboxylic acids is 1. The molecule has 6 nitrogen and oxygen atoms in total. The van der Waals surface area contributed by atoms with Crippen molar-refractivity contribution in [3.8, 4) is 5.69 Å². The third-order valence-corrected chi connectivity index (χ3v) is 7.07. The summed E-state index contributed by atoms with van der Waals surface area (Å²) in [5.74, 6) is 0.278. The van der Waals surface area contributed by atoms with Crippen LogP contribution in [0.25, 0.3) is 16.6 Å². The molecule has 0 aliphatic carbocycles. The fourth-order valence-electron chi connectivity index (χ4n) is 4.43. The highest BCUT2D eigenvalue weighted by atomic mass is 35.5. The Balaban J connectivity index is 1.92. The lowest BCUT2D eigenvalue weighted by Crippen LogP contribution is -2.39. The van der Waals surface area contributed by atoms with E-state index in [1.807, 2.05) is 56.3 Å². The molecule has 8 heteroatoms. The molecule has 0 fully saturated rings. The van der Waals surface area contributed by atoms with Gasteiger partial charge in [0.15, 0.2) is 0 Å². The number of ether oxygens (including phenoxy) is 1. The second-order valence-corrected chi connectivity index (χ2v) is 9.68. The zero-order valence-electron chi connectivity index (χ0n) is 21.1. The zero-order valence-corrected chi connectivity index (χ0v) is 22.6. The van der Waals surface area contributed by atoms with E-state index in [0.717, 1.165) is 5.56 Å². The Morgan fingerprint density at radius 2 is 1.78 bits per heavy atom. The van der Waals surface area contributed by atoms with Gasteiger partial charge in [-0.15, -0.1) is 0 Å². The van der Waals surface area contributed by atoms with Crippen LogP contribution in [-0.2, 0) is 4.74 Å². The Bertz CT molecular complexity index is 1470. The lowest BCUT2D eigenvalue weighted by atomic mass is 10.1. The van der Waals surface area contributed by atoms with E-state index in [9.17, 15) is 9.59 Å².